The van der Waals surface area contributed by atoms with Crippen LogP contribution in [0.5, 0.6) is 23.0 Å². The fourth-order valence-electron chi connectivity index (χ4n) is 3.44. The molecular weight excluding hydrogens is 318 g/mol. The van der Waals surface area contributed by atoms with Gasteiger partial charge >= 0.3 is 0 Å². The summed E-state index contributed by atoms with van der Waals surface area (Å²) in [4.78, 5) is 2.38. The topological polar surface area (TPSA) is 51.2 Å². The Morgan fingerprint density at radius 1 is 1.00 bits per heavy atom. The van der Waals surface area contributed by atoms with E-state index >= 15 is 0 Å². The summed E-state index contributed by atoms with van der Waals surface area (Å²) in [5.74, 6) is 2.29. The van der Waals surface area contributed by atoms with Crippen molar-refractivity contribution in [1.29, 1.82) is 0 Å². The number of ether oxygens (including phenoxy) is 3. The molecule has 0 spiro atoms. The fourth-order valence-corrected chi connectivity index (χ4v) is 3.44. The maximum absolute atomic E-state index is 9.96. The van der Waals surface area contributed by atoms with Crippen molar-refractivity contribution in [2.75, 3.05) is 27.9 Å². The Hall–Kier alpha value is -2.40. The van der Waals surface area contributed by atoms with Crippen LogP contribution in [0, 0.1) is 6.92 Å². The summed E-state index contributed by atoms with van der Waals surface area (Å²) < 4.78 is 16.3. The molecule has 25 heavy (non-hydrogen) atoms. The summed E-state index contributed by atoms with van der Waals surface area (Å²) in [6, 6.07) is 7.77. The first-order valence-corrected chi connectivity index (χ1v) is 8.39. The lowest BCUT2D eigenvalue weighted by molar-refractivity contribution is 0.238. The van der Waals surface area contributed by atoms with E-state index in [9.17, 15) is 5.11 Å². The number of hydrogen-bond donors (Lipinski definition) is 1. The van der Waals surface area contributed by atoms with Crippen molar-refractivity contribution in [3.8, 4) is 23.0 Å². The number of phenolic OH excluding ortho intramolecular Hbond substituents is 1. The minimum atomic E-state index is 0.208. The third-order valence-corrected chi connectivity index (χ3v) is 4.86. The molecule has 0 amide bonds. The highest BCUT2D eigenvalue weighted by Crippen LogP contribution is 2.36. The summed E-state index contributed by atoms with van der Waals surface area (Å²) in [5.41, 5.74) is 4.71. The molecule has 1 N–H and O–H groups in total. The largest absolute Gasteiger partial charge is 0.504 e. The highest BCUT2D eigenvalue weighted by atomic mass is 16.5. The van der Waals surface area contributed by atoms with E-state index in [0.29, 0.717) is 5.75 Å². The van der Waals surface area contributed by atoms with Gasteiger partial charge in [-0.25, -0.2) is 0 Å². The molecule has 0 saturated heterocycles. The van der Waals surface area contributed by atoms with Gasteiger partial charge in [-0.3, -0.25) is 4.90 Å². The Kier molecular flexibility index (Phi) is 5.04. The SMILES string of the molecule is COc1cc2c(cc1O)CCN(Cc1c(C)ccc(OC)c1OC)C2. The number of hydrogen-bond acceptors (Lipinski definition) is 5. The van der Waals surface area contributed by atoms with Crippen molar-refractivity contribution >= 4 is 0 Å². The van der Waals surface area contributed by atoms with Gasteiger partial charge in [0.2, 0.25) is 0 Å². The number of rotatable bonds is 5. The third-order valence-electron chi connectivity index (χ3n) is 4.86. The monoisotopic (exact) mass is 343 g/mol. The van der Waals surface area contributed by atoms with E-state index in [1.807, 2.05) is 18.2 Å². The molecule has 0 bridgehead atoms. The zero-order chi connectivity index (χ0) is 18.0. The molecular formula is C20H25NO4. The Morgan fingerprint density at radius 3 is 2.44 bits per heavy atom. The van der Waals surface area contributed by atoms with Gasteiger partial charge < -0.3 is 19.3 Å². The molecule has 0 fully saturated rings. The molecule has 3 rings (SSSR count). The average Bonchev–Trinajstić information content (AvgIpc) is 2.62. The van der Waals surface area contributed by atoms with Crippen LogP contribution < -0.4 is 14.2 Å². The predicted molar refractivity (Wildman–Crippen MR) is 96.8 cm³/mol. The molecule has 0 radical (unpaired) electrons. The zero-order valence-corrected chi connectivity index (χ0v) is 15.3. The highest BCUT2D eigenvalue weighted by molar-refractivity contribution is 5.51. The number of nitrogens with zero attached hydrogens (tertiary/aromatic N) is 1. The lowest BCUT2D eigenvalue weighted by atomic mass is 9.97. The van der Waals surface area contributed by atoms with Gasteiger partial charge in [0.15, 0.2) is 23.0 Å². The average molecular weight is 343 g/mol. The predicted octanol–water partition coefficient (Wildman–Crippen LogP) is 3.28. The van der Waals surface area contributed by atoms with Crippen molar-refractivity contribution < 1.29 is 19.3 Å². The zero-order valence-electron chi connectivity index (χ0n) is 15.3. The first kappa shape index (κ1) is 17.4. The molecule has 1 aliphatic heterocycles. The minimum Gasteiger partial charge on any atom is -0.504 e. The quantitative estimate of drug-likeness (QED) is 0.903. The van der Waals surface area contributed by atoms with Crippen LogP contribution in [0.1, 0.15) is 22.3 Å². The van der Waals surface area contributed by atoms with Crippen molar-refractivity contribution in [1.82, 2.24) is 4.90 Å². The maximum Gasteiger partial charge on any atom is 0.165 e. The minimum absolute atomic E-state index is 0.208. The number of aryl methyl sites for hydroxylation is 1. The smallest absolute Gasteiger partial charge is 0.165 e. The van der Waals surface area contributed by atoms with Crippen LogP contribution in [0.15, 0.2) is 24.3 Å². The van der Waals surface area contributed by atoms with Crippen molar-refractivity contribution in [2.24, 2.45) is 0 Å². The van der Waals surface area contributed by atoms with Crippen LogP contribution in [0.4, 0.5) is 0 Å². The summed E-state index contributed by atoms with van der Waals surface area (Å²) in [6.07, 6.45) is 0.901. The molecule has 5 nitrogen and oxygen atoms in total. The van der Waals surface area contributed by atoms with Crippen LogP contribution >= 0.6 is 0 Å². The van der Waals surface area contributed by atoms with Crippen LogP contribution in [-0.2, 0) is 19.5 Å². The number of benzene rings is 2. The van der Waals surface area contributed by atoms with E-state index in [-0.39, 0.29) is 5.75 Å². The van der Waals surface area contributed by atoms with E-state index in [0.717, 1.165) is 43.1 Å². The summed E-state index contributed by atoms with van der Waals surface area (Å²) in [5, 5.41) is 9.96. The molecule has 0 aromatic heterocycles. The number of phenols is 1. The fraction of sp³-hybridized carbons (Fsp3) is 0.400. The Bertz CT molecular complexity index is 773. The molecule has 0 saturated carbocycles. The van der Waals surface area contributed by atoms with E-state index in [1.165, 1.54) is 16.7 Å². The molecule has 2 aromatic rings. The Balaban J connectivity index is 1.86. The molecule has 1 aliphatic rings. The van der Waals surface area contributed by atoms with E-state index in [4.69, 9.17) is 14.2 Å². The normalized spacial score (nSPS) is 14.1. The lowest BCUT2D eigenvalue weighted by Crippen LogP contribution is -2.30. The van der Waals surface area contributed by atoms with Gasteiger partial charge in [0.1, 0.15) is 0 Å². The lowest BCUT2D eigenvalue weighted by Gasteiger charge is -2.30. The molecule has 0 unspecified atom stereocenters. The van der Waals surface area contributed by atoms with Gasteiger partial charge in [0.25, 0.3) is 0 Å². The van der Waals surface area contributed by atoms with E-state index in [2.05, 4.69) is 17.9 Å². The molecule has 5 heteroatoms. The summed E-state index contributed by atoms with van der Waals surface area (Å²) in [7, 11) is 4.92. The maximum atomic E-state index is 9.96. The van der Waals surface area contributed by atoms with Gasteiger partial charge in [0, 0.05) is 25.2 Å². The third kappa shape index (κ3) is 3.37. The van der Waals surface area contributed by atoms with Crippen LogP contribution in [0.25, 0.3) is 0 Å². The second-order valence-corrected chi connectivity index (χ2v) is 6.35. The molecule has 1 heterocycles. The van der Waals surface area contributed by atoms with Crippen LogP contribution in [0.2, 0.25) is 0 Å². The summed E-state index contributed by atoms with van der Waals surface area (Å²) in [6.45, 7) is 4.62. The van der Waals surface area contributed by atoms with E-state index < -0.39 is 0 Å². The van der Waals surface area contributed by atoms with Gasteiger partial charge in [-0.15, -0.1) is 0 Å². The second kappa shape index (κ2) is 7.23. The Morgan fingerprint density at radius 2 is 1.76 bits per heavy atom. The van der Waals surface area contributed by atoms with Gasteiger partial charge in [-0.05, 0) is 48.2 Å². The molecule has 134 valence electrons. The number of methoxy groups -OCH3 is 3. The first-order chi connectivity index (χ1) is 12.1. The van der Waals surface area contributed by atoms with Crippen LogP contribution in [0.3, 0.4) is 0 Å². The number of aromatic hydroxyl groups is 1. The molecule has 0 atom stereocenters. The first-order valence-electron chi connectivity index (χ1n) is 8.39. The van der Waals surface area contributed by atoms with Gasteiger partial charge in [-0.1, -0.05) is 6.07 Å². The Labute approximate surface area is 148 Å². The van der Waals surface area contributed by atoms with Gasteiger partial charge in [-0.2, -0.15) is 0 Å². The van der Waals surface area contributed by atoms with Crippen LogP contribution in [-0.4, -0.2) is 37.9 Å². The molecule has 0 aliphatic carbocycles. The van der Waals surface area contributed by atoms with Gasteiger partial charge in [0.05, 0.1) is 21.3 Å². The molecule has 2 aromatic carbocycles. The highest BCUT2D eigenvalue weighted by Gasteiger charge is 2.22. The van der Waals surface area contributed by atoms with E-state index in [1.54, 1.807) is 21.3 Å². The number of fused-ring (bicyclic) bond motifs is 1. The standard InChI is InChI=1S/C20H25NO4/c1-13-5-6-18(23-2)20(25-4)16(13)12-21-8-7-14-9-17(22)19(24-3)10-15(14)11-21/h5-6,9-10,22H,7-8,11-12H2,1-4H3. The second-order valence-electron chi connectivity index (χ2n) is 6.35. The van der Waals surface area contributed by atoms with Crippen molar-refractivity contribution in [3.05, 3.63) is 46.5 Å². The van der Waals surface area contributed by atoms with Crippen molar-refractivity contribution in [2.45, 2.75) is 26.4 Å². The van der Waals surface area contributed by atoms with Crippen molar-refractivity contribution in [3.63, 3.8) is 0 Å². The summed E-state index contributed by atoms with van der Waals surface area (Å²) >= 11 is 0.